The molecule has 1 heterocycles. The first-order valence-corrected chi connectivity index (χ1v) is 11.2. The smallest absolute Gasteiger partial charge is 0.408 e. The average Bonchev–Trinajstić information content (AvgIpc) is 3.40. The summed E-state index contributed by atoms with van der Waals surface area (Å²) in [6.07, 6.45) is 8.79. The summed E-state index contributed by atoms with van der Waals surface area (Å²) in [5.41, 5.74) is 1.50. The Morgan fingerprint density at radius 3 is 2.65 bits per heavy atom. The number of aromatic nitrogens is 1. The quantitative estimate of drug-likeness (QED) is 0.691. The summed E-state index contributed by atoms with van der Waals surface area (Å²) in [5.74, 6) is 1.56. The molecule has 1 saturated carbocycles. The number of fused-ring (bicyclic) bond motifs is 3. The molecular weight excluding hydrogens is 390 g/mol. The molecule has 0 saturated heterocycles. The van der Waals surface area contributed by atoms with Gasteiger partial charge in [-0.2, -0.15) is 0 Å². The van der Waals surface area contributed by atoms with E-state index in [1.54, 1.807) is 0 Å². The highest BCUT2D eigenvalue weighted by Crippen LogP contribution is 2.42. The van der Waals surface area contributed by atoms with Crippen LogP contribution in [0.25, 0.3) is 10.9 Å². The lowest BCUT2D eigenvalue weighted by atomic mass is 9.93. The molecular formula is C25H33N3O3. The fraction of sp³-hybridized carbons (Fsp3) is 0.520. The number of nitrogens with one attached hydrogen (secondary N) is 2. The summed E-state index contributed by atoms with van der Waals surface area (Å²) in [7, 11) is 1.99. The van der Waals surface area contributed by atoms with Gasteiger partial charge in [0.15, 0.2) is 0 Å². The highest BCUT2D eigenvalue weighted by molar-refractivity contribution is 5.88. The molecule has 2 aliphatic rings. The number of allylic oxidation sites excluding steroid dienone is 2. The minimum atomic E-state index is -0.699. The van der Waals surface area contributed by atoms with E-state index in [-0.39, 0.29) is 5.91 Å². The second-order valence-corrected chi connectivity index (χ2v) is 9.97. The maximum Gasteiger partial charge on any atom is 0.408 e. The fourth-order valence-electron chi connectivity index (χ4n) is 4.95. The maximum atomic E-state index is 13.1. The molecule has 6 heteroatoms. The summed E-state index contributed by atoms with van der Waals surface area (Å²) in [5, 5.41) is 7.00. The van der Waals surface area contributed by atoms with Crippen LogP contribution in [0.5, 0.6) is 0 Å². The van der Waals surface area contributed by atoms with Crippen LogP contribution >= 0.6 is 0 Å². The molecule has 2 aromatic rings. The first-order valence-electron chi connectivity index (χ1n) is 11.2. The van der Waals surface area contributed by atoms with Crippen molar-refractivity contribution in [1.82, 2.24) is 15.2 Å². The van der Waals surface area contributed by atoms with E-state index in [4.69, 9.17) is 4.74 Å². The Kier molecular flexibility index (Phi) is 5.82. The Labute approximate surface area is 184 Å². The number of amides is 2. The zero-order valence-electron chi connectivity index (χ0n) is 18.9. The molecule has 4 rings (SSSR count). The molecule has 4 atom stereocenters. The van der Waals surface area contributed by atoms with Crippen molar-refractivity contribution in [1.29, 1.82) is 0 Å². The molecule has 0 radical (unpaired) electrons. The summed E-state index contributed by atoms with van der Waals surface area (Å²) in [6.45, 7) is 6.09. The highest BCUT2D eigenvalue weighted by atomic mass is 16.6. The van der Waals surface area contributed by atoms with E-state index in [1.807, 2.05) is 46.1 Å². The minimum Gasteiger partial charge on any atom is -0.444 e. The molecule has 2 aliphatic carbocycles. The summed E-state index contributed by atoms with van der Waals surface area (Å²) in [6, 6.07) is 7.39. The number of carbonyl (C=O) groups is 2. The SMILES string of the molecule is Cn1cc(C[C@H](NC(=O)OC(C)(C)C)C(=O)NCC2CC3C=CC2C3)c2ccccc21. The fourth-order valence-corrected chi connectivity index (χ4v) is 4.95. The molecule has 0 spiro atoms. The van der Waals surface area contributed by atoms with Gasteiger partial charge in [0, 0.05) is 37.1 Å². The number of rotatable bonds is 6. The van der Waals surface area contributed by atoms with Gasteiger partial charge in [0.2, 0.25) is 5.91 Å². The molecule has 1 aromatic carbocycles. The molecule has 1 fully saturated rings. The summed E-state index contributed by atoms with van der Waals surface area (Å²) in [4.78, 5) is 25.6. The first-order chi connectivity index (χ1) is 14.7. The lowest BCUT2D eigenvalue weighted by Crippen LogP contribution is -2.50. The zero-order valence-corrected chi connectivity index (χ0v) is 18.9. The first kappa shape index (κ1) is 21.5. The largest absolute Gasteiger partial charge is 0.444 e. The van der Waals surface area contributed by atoms with Crippen molar-refractivity contribution in [3.8, 4) is 0 Å². The monoisotopic (exact) mass is 423 g/mol. The van der Waals surface area contributed by atoms with Crippen molar-refractivity contribution in [2.45, 2.75) is 51.7 Å². The van der Waals surface area contributed by atoms with Gasteiger partial charge in [-0.15, -0.1) is 0 Å². The van der Waals surface area contributed by atoms with E-state index in [2.05, 4.69) is 39.5 Å². The average molecular weight is 424 g/mol. The van der Waals surface area contributed by atoms with Crippen LogP contribution in [-0.4, -0.2) is 34.8 Å². The number of alkyl carbamates (subject to hydrolysis) is 1. The van der Waals surface area contributed by atoms with Gasteiger partial charge in [-0.3, -0.25) is 4.79 Å². The third-order valence-corrected chi connectivity index (χ3v) is 6.37. The van der Waals surface area contributed by atoms with Gasteiger partial charge < -0.3 is 19.9 Å². The van der Waals surface area contributed by atoms with Crippen LogP contribution in [0.3, 0.4) is 0 Å². The van der Waals surface area contributed by atoms with Gasteiger partial charge in [0.1, 0.15) is 11.6 Å². The molecule has 6 nitrogen and oxygen atoms in total. The zero-order chi connectivity index (χ0) is 22.2. The van der Waals surface area contributed by atoms with Crippen LogP contribution in [0, 0.1) is 17.8 Å². The van der Waals surface area contributed by atoms with Crippen molar-refractivity contribution >= 4 is 22.9 Å². The van der Waals surface area contributed by atoms with Crippen LogP contribution in [0.4, 0.5) is 4.79 Å². The third kappa shape index (κ3) is 4.94. The summed E-state index contributed by atoms with van der Waals surface area (Å²) >= 11 is 0. The number of nitrogens with zero attached hydrogens (tertiary/aromatic N) is 1. The lowest BCUT2D eigenvalue weighted by molar-refractivity contribution is -0.123. The Morgan fingerprint density at radius 2 is 1.97 bits per heavy atom. The molecule has 2 amide bonds. The summed E-state index contributed by atoms with van der Waals surface area (Å²) < 4.78 is 7.47. The van der Waals surface area contributed by atoms with Gasteiger partial charge >= 0.3 is 6.09 Å². The van der Waals surface area contributed by atoms with Gasteiger partial charge in [0.05, 0.1) is 0 Å². The Balaban J connectivity index is 1.48. The molecule has 1 aromatic heterocycles. The normalized spacial score (nSPS) is 23.2. The lowest BCUT2D eigenvalue weighted by Gasteiger charge is -2.24. The predicted octanol–water partition coefficient (Wildman–Crippen LogP) is 3.94. The topological polar surface area (TPSA) is 72.4 Å². The Bertz CT molecular complexity index is 1000. The number of aryl methyl sites for hydroxylation is 1. The van der Waals surface area contributed by atoms with E-state index in [1.165, 1.54) is 6.42 Å². The maximum absolute atomic E-state index is 13.1. The van der Waals surface area contributed by atoms with Crippen molar-refractivity contribution < 1.29 is 14.3 Å². The van der Waals surface area contributed by atoms with E-state index in [9.17, 15) is 9.59 Å². The standard InChI is InChI=1S/C25H33N3O3/c1-25(2,3)31-24(30)27-21(13-19-15-28(4)22-8-6-5-7-20(19)22)23(29)26-14-18-12-16-9-10-17(18)11-16/h5-10,15-18,21H,11-14H2,1-4H3,(H,26,29)(H,27,30)/t16?,17?,18?,21-/m0/s1. The molecule has 2 bridgehead atoms. The van der Waals surface area contributed by atoms with E-state index in [0.717, 1.165) is 22.9 Å². The van der Waals surface area contributed by atoms with Crippen LogP contribution in [-0.2, 0) is 23.0 Å². The van der Waals surface area contributed by atoms with Crippen LogP contribution in [0.2, 0.25) is 0 Å². The second-order valence-electron chi connectivity index (χ2n) is 9.97. The van der Waals surface area contributed by atoms with Crippen LogP contribution < -0.4 is 10.6 Å². The molecule has 2 N–H and O–H groups in total. The van der Waals surface area contributed by atoms with E-state index in [0.29, 0.717) is 30.7 Å². The Hall–Kier alpha value is -2.76. The van der Waals surface area contributed by atoms with Crippen LogP contribution in [0.15, 0.2) is 42.6 Å². The van der Waals surface area contributed by atoms with Crippen molar-refractivity contribution in [2.75, 3.05) is 6.54 Å². The van der Waals surface area contributed by atoms with Crippen molar-refractivity contribution in [2.24, 2.45) is 24.8 Å². The van der Waals surface area contributed by atoms with Gasteiger partial charge in [0.25, 0.3) is 0 Å². The van der Waals surface area contributed by atoms with Gasteiger partial charge in [-0.05, 0) is 63.0 Å². The van der Waals surface area contributed by atoms with Gasteiger partial charge in [-0.1, -0.05) is 30.4 Å². The molecule has 31 heavy (non-hydrogen) atoms. The number of carbonyl (C=O) groups excluding carboxylic acids is 2. The number of ether oxygens (including phenoxy) is 1. The third-order valence-electron chi connectivity index (χ3n) is 6.37. The van der Waals surface area contributed by atoms with Crippen molar-refractivity contribution in [3.63, 3.8) is 0 Å². The number of hydrogen-bond acceptors (Lipinski definition) is 3. The van der Waals surface area contributed by atoms with Gasteiger partial charge in [-0.25, -0.2) is 4.79 Å². The molecule has 166 valence electrons. The second kappa shape index (κ2) is 8.40. The number of para-hydroxylation sites is 1. The predicted molar refractivity (Wildman–Crippen MR) is 122 cm³/mol. The van der Waals surface area contributed by atoms with E-state index >= 15 is 0 Å². The number of benzene rings is 1. The molecule has 3 unspecified atom stereocenters. The van der Waals surface area contributed by atoms with Crippen LogP contribution in [0.1, 0.15) is 39.2 Å². The van der Waals surface area contributed by atoms with Crippen molar-refractivity contribution in [3.05, 3.63) is 48.2 Å². The minimum absolute atomic E-state index is 0.162. The Morgan fingerprint density at radius 1 is 1.19 bits per heavy atom. The molecule has 0 aliphatic heterocycles. The highest BCUT2D eigenvalue weighted by Gasteiger charge is 2.36. The van der Waals surface area contributed by atoms with E-state index < -0.39 is 17.7 Å². The number of hydrogen-bond donors (Lipinski definition) is 2.